The van der Waals surface area contributed by atoms with Gasteiger partial charge in [-0.2, -0.15) is 9.98 Å². The van der Waals surface area contributed by atoms with Gasteiger partial charge in [-0.1, -0.05) is 6.07 Å². The first kappa shape index (κ1) is 30.7. The monoisotopic (exact) mass is 598 g/mol. The highest BCUT2D eigenvalue weighted by atomic mass is 32.2. The topological polar surface area (TPSA) is 198 Å². The molecule has 3 aromatic rings. The Morgan fingerprint density at radius 1 is 1.03 bits per heavy atom. The van der Waals surface area contributed by atoms with Crippen molar-refractivity contribution in [3.8, 4) is 28.0 Å². The smallest absolute Gasteiger partial charge is 0.347 e. The number of hydrogen-bond acceptors (Lipinski definition) is 9. The van der Waals surface area contributed by atoms with Crippen LogP contribution in [0.4, 0.5) is 4.39 Å². The van der Waals surface area contributed by atoms with E-state index < -0.39 is 29.2 Å². The molecule has 0 saturated carbocycles. The minimum absolute atomic E-state index is 0.223. The average Bonchev–Trinajstić information content (AvgIpc) is 3.39. The van der Waals surface area contributed by atoms with Gasteiger partial charge >= 0.3 is 7.60 Å². The summed E-state index contributed by atoms with van der Waals surface area (Å²) in [6.07, 6.45) is 1.26. The number of nitrogens with zero attached hydrogens (tertiary/aromatic N) is 1. The molecule has 1 unspecified atom stereocenters. The highest BCUT2D eigenvalue weighted by Crippen LogP contribution is 2.51. The first-order valence-electron chi connectivity index (χ1n) is 11.7. The maximum Gasteiger partial charge on any atom is 0.347 e. The van der Waals surface area contributed by atoms with Gasteiger partial charge in [0.25, 0.3) is 10.0 Å². The summed E-state index contributed by atoms with van der Waals surface area (Å²) in [5.74, 6) is -2.17. The van der Waals surface area contributed by atoms with Crippen LogP contribution in [0.1, 0.15) is 29.8 Å². The predicted octanol–water partition coefficient (Wildman–Crippen LogP) is 3.04. The number of sulfonamides is 1. The van der Waals surface area contributed by atoms with E-state index in [-0.39, 0.29) is 15.3 Å². The van der Waals surface area contributed by atoms with Gasteiger partial charge in [-0.3, -0.25) is 4.57 Å². The van der Waals surface area contributed by atoms with Crippen molar-refractivity contribution >= 4 is 29.0 Å². The lowest BCUT2D eigenvalue weighted by molar-refractivity contribution is 0.265. The summed E-state index contributed by atoms with van der Waals surface area (Å²) in [5.41, 5.74) is 11.0. The van der Waals surface area contributed by atoms with Gasteiger partial charge in [0.05, 0.1) is 18.8 Å². The van der Waals surface area contributed by atoms with Crippen LogP contribution in [0, 0.1) is 17.1 Å². The van der Waals surface area contributed by atoms with Crippen molar-refractivity contribution in [1.29, 1.82) is 5.26 Å². The molecular formula is C24H28FN4O7PS2. The molecule has 1 heterocycles. The number of thiophene rings is 1. The molecule has 15 heteroatoms. The number of halogens is 1. The fraction of sp³-hybridized carbons (Fsp3) is 0.292. The highest BCUT2D eigenvalue weighted by Gasteiger charge is 2.36. The van der Waals surface area contributed by atoms with E-state index in [1.807, 2.05) is 4.72 Å². The third-order valence-electron chi connectivity index (χ3n) is 5.32. The summed E-state index contributed by atoms with van der Waals surface area (Å²) in [4.78, 5) is 20.2. The van der Waals surface area contributed by atoms with Gasteiger partial charge in [0.2, 0.25) is 0 Å². The molecule has 1 aromatic heterocycles. The van der Waals surface area contributed by atoms with Crippen molar-refractivity contribution in [3.63, 3.8) is 0 Å². The first-order valence-corrected chi connectivity index (χ1v) is 15.7. The lowest BCUT2D eigenvalue weighted by Gasteiger charge is -2.20. The molecule has 2 aromatic carbocycles. The van der Waals surface area contributed by atoms with Crippen LogP contribution in [0.25, 0.3) is 10.4 Å². The van der Waals surface area contributed by atoms with Gasteiger partial charge in [0.15, 0.2) is 11.5 Å². The van der Waals surface area contributed by atoms with Crippen LogP contribution in [-0.4, -0.2) is 44.5 Å². The summed E-state index contributed by atoms with van der Waals surface area (Å²) in [7, 11) is -9.58. The van der Waals surface area contributed by atoms with Gasteiger partial charge < -0.3 is 30.7 Å². The van der Waals surface area contributed by atoms with E-state index in [0.29, 0.717) is 67.2 Å². The van der Waals surface area contributed by atoms with E-state index in [4.69, 9.17) is 26.2 Å². The maximum atomic E-state index is 14.1. The Morgan fingerprint density at radius 3 is 2.28 bits per heavy atom. The number of nitriles is 1. The van der Waals surface area contributed by atoms with E-state index in [2.05, 4.69) is 0 Å². The predicted molar refractivity (Wildman–Crippen MR) is 144 cm³/mol. The standard InChI is InChI=1S/C24H28FN4O7PS2/c25-19-13-17(3-4-18(19)15-28)24(37(30,31)32)29-39(33,34)23-8-7-22(38-23)16-5-6-20(35-11-1-9-26)21(14-16)36-12-2-10-27/h3-8,13-14,24,29H,1-2,9-12,26-27H2,(H2,30,31,32). The van der Waals surface area contributed by atoms with Crippen molar-refractivity contribution in [3.05, 3.63) is 65.5 Å². The fourth-order valence-electron chi connectivity index (χ4n) is 3.37. The Labute approximate surface area is 229 Å². The van der Waals surface area contributed by atoms with Crippen LogP contribution in [0.5, 0.6) is 11.5 Å². The minimum Gasteiger partial charge on any atom is -0.490 e. The second-order valence-corrected chi connectivity index (χ2v) is 12.9. The largest absolute Gasteiger partial charge is 0.490 e. The highest BCUT2D eigenvalue weighted by molar-refractivity contribution is 7.92. The van der Waals surface area contributed by atoms with Gasteiger partial charge in [0, 0.05) is 4.88 Å². The zero-order chi connectivity index (χ0) is 28.6. The van der Waals surface area contributed by atoms with Crippen LogP contribution in [0.2, 0.25) is 0 Å². The number of ether oxygens (including phenoxy) is 2. The van der Waals surface area contributed by atoms with Crippen LogP contribution >= 0.6 is 18.9 Å². The lowest BCUT2D eigenvalue weighted by atomic mass is 10.1. The zero-order valence-corrected chi connectivity index (χ0v) is 23.1. The van der Waals surface area contributed by atoms with E-state index in [1.54, 1.807) is 30.3 Å². The summed E-state index contributed by atoms with van der Waals surface area (Å²) < 4.78 is 65.8. The van der Waals surface area contributed by atoms with E-state index in [9.17, 15) is 27.2 Å². The number of nitrogens with two attached hydrogens (primary N) is 2. The van der Waals surface area contributed by atoms with Crippen LogP contribution in [0.3, 0.4) is 0 Å². The van der Waals surface area contributed by atoms with Crippen molar-refractivity contribution in [2.75, 3.05) is 26.3 Å². The molecule has 0 aliphatic carbocycles. The lowest BCUT2D eigenvalue weighted by Crippen LogP contribution is -2.28. The number of rotatable bonds is 14. The second-order valence-electron chi connectivity index (χ2n) is 8.23. The van der Waals surface area contributed by atoms with Gasteiger partial charge in [-0.25, -0.2) is 12.8 Å². The zero-order valence-electron chi connectivity index (χ0n) is 20.6. The SMILES string of the molecule is N#Cc1ccc(C(NS(=O)(=O)c2ccc(-c3ccc(OCCCN)c(OCCCN)c3)s2)P(=O)(O)O)cc1F. The molecule has 1 atom stereocenters. The molecular weight excluding hydrogens is 570 g/mol. The van der Waals surface area contributed by atoms with Crippen molar-refractivity contribution in [1.82, 2.24) is 4.72 Å². The minimum atomic E-state index is -5.13. The molecule has 0 bridgehead atoms. The normalized spacial score (nSPS) is 12.6. The molecule has 0 fully saturated rings. The maximum absolute atomic E-state index is 14.1. The van der Waals surface area contributed by atoms with E-state index >= 15 is 0 Å². The fourth-order valence-corrected chi connectivity index (χ4v) is 7.27. The molecule has 210 valence electrons. The van der Waals surface area contributed by atoms with Crippen molar-refractivity contribution in [2.24, 2.45) is 11.5 Å². The molecule has 7 N–H and O–H groups in total. The van der Waals surface area contributed by atoms with E-state index in [0.717, 1.165) is 23.5 Å². The van der Waals surface area contributed by atoms with Crippen molar-refractivity contribution < 1.29 is 36.6 Å². The first-order chi connectivity index (χ1) is 18.5. The summed E-state index contributed by atoms with van der Waals surface area (Å²) in [6, 6.07) is 12.4. The van der Waals surface area contributed by atoms with Crippen LogP contribution in [0.15, 0.2) is 52.7 Å². The second kappa shape index (κ2) is 13.5. The van der Waals surface area contributed by atoms with Crippen LogP contribution < -0.4 is 25.7 Å². The number of hydrogen-bond donors (Lipinski definition) is 5. The Balaban J connectivity index is 1.89. The molecule has 0 aliphatic rings. The molecule has 11 nitrogen and oxygen atoms in total. The summed E-state index contributed by atoms with van der Waals surface area (Å²) >= 11 is 0.861. The summed E-state index contributed by atoms with van der Waals surface area (Å²) in [5, 5.41) is 8.90. The molecule has 0 saturated heterocycles. The molecule has 39 heavy (non-hydrogen) atoms. The molecule has 3 rings (SSSR count). The third-order valence-corrected chi connectivity index (χ3v) is 9.64. The van der Waals surface area contributed by atoms with Crippen molar-refractivity contribution in [2.45, 2.75) is 22.8 Å². The third kappa shape index (κ3) is 8.07. The quantitative estimate of drug-likeness (QED) is 0.136. The van der Waals surface area contributed by atoms with E-state index in [1.165, 1.54) is 6.07 Å². The van der Waals surface area contributed by atoms with Gasteiger partial charge in [-0.05, 0) is 79.5 Å². The molecule has 0 spiro atoms. The Bertz CT molecular complexity index is 1490. The summed E-state index contributed by atoms with van der Waals surface area (Å²) in [6.45, 7) is 1.64. The number of benzene rings is 2. The van der Waals surface area contributed by atoms with Gasteiger partial charge in [0.1, 0.15) is 21.9 Å². The molecule has 0 amide bonds. The average molecular weight is 599 g/mol. The molecule has 0 aliphatic heterocycles. The Hall–Kier alpha value is -2.86. The van der Waals surface area contributed by atoms with Crippen LogP contribution in [-0.2, 0) is 14.6 Å². The number of nitrogens with one attached hydrogen (secondary N) is 1. The molecule has 0 radical (unpaired) electrons. The van der Waals surface area contributed by atoms with Gasteiger partial charge in [-0.15, -0.1) is 11.3 Å². The Kier molecular flexibility index (Phi) is 10.6. The Morgan fingerprint density at radius 2 is 1.69 bits per heavy atom.